The second-order valence-electron chi connectivity index (χ2n) is 4.99. The third-order valence-electron chi connectivity index (χ3n) is 3.45. The molecule has 0 atom stereocenters. The summed E-state index contributed by atoms with van der Waals surface area (Å²) in [6, 6.07) is 18.0. The lowest BCUT2D eigenvalue weighted by molar-refractivity contribution is 0.578. The van der Waals surface area contributed by atoms with E-state index < -0.39 is 0 Å². The topological polar surface area (TPSA) is 43.9 Å². The molecule has 0 amide bonds. The second-order valence-corrected chi connectivity index (χ2v) is 4.99. The molecule has 2 aromatic heterocycles. The molecule has 0 saturated carbocycles. The van der Waals surface area contributed by atoms with Gasteiger partial charge in [0, 0.05) is 10.9 Å². The van der Waals surface area contributed by atoms with E-state index in [0.717, 1.165) is 33.7 Å². The summed E-state index contributed by atoms with van der Waals surface area (Å²) in [7, 11) is 0. The molecule has 4 aromatic rings. The first-order chi connectivity index (χ1) is 10.3. The van der Waals surface area contributed by atoms with Crippen molar-refractivity contribution >= 4 is 11.0 Å². The Balaban J connectivity index is 1.77. The fourth-order valence-electron chi connectivity index (χ4n) is 2.44. The molecule has 0 bridgehead atoms. The van der Waals surface area contributed by atoms with E-state index in [4.69, 9.17) is 4.42 Å². The molecular weight excluding hydrogens is 262 g/mol. The van der Waals surface area contributed by atoms with E-state index in [-0.39, 0.29) is 0 Å². The molecule has 4 heteroatoms. The molecule has 0 aliphatic rings. The molecule has 0 spiro atoms. The molecule has 0 aliphatic heterocycles. The zero-order valence-electron chi connectivity index (χ0n) is 11.5. The van der Waals surface area contributed by atoms with Gasteiger partial charge < -0.3 is 4.42 Å². The Morgan fingerprint density at radius 1 is 1.00 bits per heavy atom. The SMILES string of the molecule is Cc1cc2cc(-c3cn(-c4ccccc4)nn3)ccc2o1. The van der Waals surface area contributed by atoms with Crippen molar-refractivity contribution in [1.29, 1.82) is 0 Å². The van der Waals surface area contributed by atoms with E-state index in [1.807, 2.05) is 61.7 Å². The number of benzene rings is 2. The smallest absolute Gasteiger partial charge is 0.134 e. The van der Waals surface area contributed by atoms with Crippen molar-refractivity contribution in [3.63, 3.8) is 0 Å². The third kappa shape index (κ3) is 2.10. The minimum atomic E-state index is 0.847. The molecule has 21 heavy (non-hydrogen) atoms. The Kier molecular flexibility index (Phi) is 2.60. The van der Waals surface area contributed by atoms with Crippen LogP contribution in [-0.2, 0) is 0 Å². The van der Waals surface area contributed by atoms with E-state index >= 15 is 0 Å². The number of fused-ring (bicyclic) bond motifs is 1. The molecule has 4 nitrogen and oxygen atoms in total. The van der Waals surface area contributed by atoms with Crippen molar-refractivity contribution in [2.45, 2.75) is 6.92 Å². The van der Waals surface area contributed by atoms with Gasteiger partial charge >= 0.3 is 0 Å². The number of nitrogens with zero attached hydrogens (tertiary/aromatic N) is 3. The van der Waals surface area contributed by atoms with Crippen LogP contribution in [0.25, 0.3) is 27.9 Å². The number of aromatic nitrogens is 3. The lowest BCUT2D eigenvalue weighted by Gasteiger charge is -1.98. The fourth-order valence-corrected chi connectivity index (χ4v) is 2.44. The summed E-state index contributed by atoms with van der Waals surface area (Å²) in [6.07, 6.45) is 1.93. The third-order valence-corrected chi connectivity index (χ3v) is 3.45. The lowest BCUT2D eigenvalue weighted by atomic mass is 10.1. The summed E-state index contributed by atoms with van der Waals surface area (Å²) >= 11 is 0. The highest BCUT2D eigenvalue weighted by atomic mass is 16.3. The monoisotopic (exact) mass is 275 g/mol. The Morgan fingerprint density at radius 3 is 2.71 bits per heavy atom. The van der Waals surface area contributed by atoms with Crippen molar-refractivity contribution in [1.82, 2.24) is 15.0 Å². The van der Waals surface area contributed by atoms with Crippen LogP contribution in [0.15, 0.2) is 65.2 Å². The van der Waals surface area contributed by atoms with Gasteiger partial charge in [-0.15, -0.1) is 5.10 Å². The van der Waals surface area contributed by atoms with Crippen LogP contribution in [0, 0.1) is 6.92 Å². The van der Waals surface area contributed by atoms with Gasteiger partial charge in [0.15, 0.2) is 0 Å². The maximum atomic E-state index is 5.59. The van der Waals surface area contributed by atoms with E-state index in [0.29, 0.717) is 0 Å². The fraction of sp³-hybridized carbons (Fsp3) is 0.0588. The zero-order valence-corrected chi connectivity index (χ0v) is 11.5. The number of hydrogen-bond acceptors (Lipinski definition) is 3. The number of para-hydroxylation sites is 1. The van der Waals surface area contributed by atoms with Crippen LogP contribution < -0.4 is 0 Å². The van der Waals surface area contributed by atoms with Gasteiger partial charge in [0.1, 0.15) is 17.0 Å². The largest absolute Gasteiger partial charge is 0.461 e. The molecule has 0 saturated heterocycles. The summed E-state index contributed by atoms with van der Waals surface area (Å²) in [5.74, 6) is 0.912. The standard InChI is InChI=1S/C17H13N3O/c1-12-9-14-10-13(7-8-17(14)21-12)16-11-20(19-18-16)15-5-3-2-4-6-15/h2-11H,1H3. The molecule has 2 heterocycles. The zero-order chi connectivity index (χ0) is 14.2. The summed E-state index contributed by atoms with van der Waals surface area (Å²) in [5.41, 5.74) is 3.77. The number of hydrogen-bond donors (Lipinski definition) is 0. The van der Waals surface area contributed by atoms with Crippen LogP contribution in [0.3, 0.4) is 0 Å². The average molecular weight is 275 g/mol. The molecule has 0 N–H and O–H groups in total. The molecule has 0 radical (unpaired) electrons. The van der Waals surface area contributed by atoms with Crippen molar-refractivity contribution in [3.05, 3.63) is 66.6 Å². The van der Waals surface area contributed by atoms with Gasteiger partial charge in [0.25, 0.3) is 0 Å². The minimum absolute atomic E-state index is 0.847. The predicted octanol–water partition coefficient (Wildman–Crippen LogP) is 3.99. The molecule has 0 unspecified atom stereocenters. The van der Waals surface area contributed by atoms with E-state index in [9.17, 15) is 0 Å². The molecule has 2 aromatic carbocycles. The van der Waals surface area contributed by atoms with Gasteiger partial charge in [-0.25, -0.2) is 4.68 Å². The van der Waals surface area contributed by atoms with Crippen LogP contribution in [0.4, 0.5) is 0 Å². The van der Waals surface area contributed by atoms with Gasteiger partial charge in [0.05, 0.1) is 11.9 Å². The van der Waals surface area contributed by atoms with Crippen LogP contribution in [0.1, 0.15) is 5.76 Å². The van der Waals surface area contributed by atoms with E-state index in [1.165, 1.54) is 0 Å². The van der Waals surface area contributed by atoms with Crippen LogP contribution in [0.2, 0.25) is 0 Å². The maximum absolute atomic E-state index is 5.59. The van der Waals surface area contributed by atoms with Gasteiger partial charge in [0.2, 0.25) is 0 Å². The molecule has 4 rings (SSSR count). The molecule has 0 fully saturated rings. The Morgan fingerprint density at radius 2 is 1.86 bits per heavy atom. The highest BCUT2D eigenvalue weighted by Crippen LogP contribution is 2.25. The van der Waals surface area contributed by atoms with Gasteiger partial charge in [-0.3, -0.25) is 0 Å². The summed E-state index contributed by atoms with van der Waals surface area (Å²) in [6.45, 7) is 1.95. The summed E-state index contributed by atoms with van der Waals surface area (Å²) in [5, 5.41) is 9.53. The van der Waals surface area contributed by atoms with Crippen molar-refractivity contribution in [2.24, 2.45) is 0 Å². The van der Waals surface area contributed by atoms with Crippen LogP contribution in [-0.4, -0.2) is 15.0 Å². The first kappa shape index (κ1) is 11.9. The van der Waals surface area contributed by atoms with Crippen molar-refractivity contribution < 1.29 is 4.42 Å². The van der Waals surface area contributed by atoms with Gasteiger partial charge in [-0.2, -0.15) is 0 Å². The highest BCUT2D eigenvalue weighted by Gasteiger charge is 2.07. The average Bonchev–Trinajstić information content (AvgIpc) is 3.12. The Bertz CT molecular complexity index is 906. The predicted molar refractivity (Wildman–Crippen MR) is 81.3 cm³/mol. The first-order valence-electron chi connectivity index (χ1n) is 6.78. The van der Waals surface area contributed by atoms with E-state index in [1.54, 1.807) is 4.68 Å². The number of rotatable bonds is 2. The van der Waals surface area contributed by atoms with Crippen molar-refractivity contribution in [2.75, 3.05) is 0 Å². The quantitative estimate of drug-likeness (QED) is 0.555. The Hall–Kier alpha value is -2.88. The minimum Gasteiger partial charge on any atom is -0.461 e. The van der Waals surface area contributed by atoms with Crippen molar-refractivity contribution in [3.8, 4) is 16.9 Å². The van der Waals surface area contributed by atoms with Crippen LogP contribution in [0.5, 0.6) is 0 Å². The lowest BCUT2D eigenvalue weighted by Crippen LogP contribution is -1.93. The summed E-state index contributed by atoms with van der Waals surface area (Å²) < 4.78 is 7.37. The van der Waals surface area contributed by atoms with Crippen LogP contribution >= 0.6 is 0 Å². The molecule has 0 aliphatic carbocycles. The maximum Gasteiger partial charge on any atom is 0.134 e. The number of furan rings is 1. The van der Waals surface area contributed by atoms with Gasteiger partial charge in [-0.1, -0.05) is 23.4 Å². The normalized spacial score (nSPS) is 11.1. The van der Waals surface area contributed by atoms with Gasteiger partial charge in [-0.05, 0) is 43.3 Å². The summed E-state index contributed by atoms with van der Waals surface area (Å²) in [4.78, 5) is 0. The molecular formula is C17H13N3O. The second kappa shape index (κ2) is 4.59. The molecule has 102 valence electrons. The highest BCUT2D eigenvalue weighted by molar-refractivity contribution is 5.83. The van der Waals surface area contributed by atoms with E-state index in [2.05, 4.69) is 16.4 Å². The Labute approximate surface area is 121 Å². The first-order valence-corrected chi connectivity index (χ1v) is 6.78. The number of aryl methyl sites for hydroxylation is 1.